The molecule has 0 spiro atoms. The molecule has 21 rings (SSSR count). The van der Waals surface area contributed by atoms with Gasteiger partial charge in [-0.25, -0.2) is 0 Å². The highest BCUT2D eigenvalue weighted by atomic mass is 16.3. The molecule has 498 valence electrons. The number of benzene rings is 18. The Morgan fingerprint density at radius 3 is 0.794 bits per heavy atom. The van der Waals surface area contributed by atoms with Gasteiger partial charge in [-0.2, -0.15) is 0 Å². The van der Waals surface area contributed by atoms with Gasteiger partial charge in [0.15, 0.2) is 0 Å². The van der Waals surface area contributed by atoms with Gasteiger partial charge in [-0.3, -0.25) is 0 Å². The van der Waals surface area contributed by atoms with E-state index in [0.29, 0.717) is 0 Å². The van der Waals surface area contributed by atoms with Crippen molar-refractivity contribution in [2.24, 2.45) is 0 Å². The fraction of sp³-hybridized carbons (Fsp3) is 0. The Morgan fingerprint density at radius 2 is 0.421 bits per heavy atom. The summed E-state index contributed by atoms with van der Waals surface area (Å²) in [6.07, 6.45) is 0. The number of rotatable bonds is 12. The number of nitrogens with zero attached hydrogens (tertiary/aromatic N) is 1. The second-order valence-corrected chi connectivity index (χ2v) is 28.1. The number of fused-ring (bicyclic) bond motifs is 11. The first-order chi connectivity index (χ1) is 53.0. The molecule has 3 aromatic heterocycles. The lowest BCUT2D eigenvalue weighted by Gasteiger charge is -2.19. The van der Waals surface area contributed by atoms with Gasteiger partial charge in [0.2, 0.25) is 0 Å². The Labute approximate surface area is 619 Å². The van der Waals surface area contributed by atoms with Crippen molar-refractivity contribution in [3.63, 3.8) is 0 Å². The number of furan rings is 2. The maximum Gasteiger partial charge on any atom is 0.143 e. The molecular formula is C104H65NO2. The van der Waals surface area contributed by atoms with Gasteiger partial charge in [0.1, 0.15) is 22.3 Å². The van der Waals surface area contributed by atoms with E-state index in [0.717, 1.165) is 172 Å². The third-order valence-corrected chi connectivity index (χ3v) is 21.9. The molecule has 3 heterocycles. The normalized spacial score (nSPS) is 11.7. The van der Waals surface area contributed by atoms with E-state index in [1.54, 1.807) is 0 Å². The lowest BCUT2D eigenvalue weighted by molar-refractivity contribution is 0.671. The summed E-state index contributed by atoms with van der Waals surface area (Å²) in [6, 6.07) is 144. The van der Waals surface area contributed by atoms with Gasteiger partial charge in [-0.05, 0) is 213 Å². The van der Waals surface area contributed by atoms with E-state index in [1.165, 1.54) is 43.8 Å². The van der Waals surface area contributed by atoms with Gasteiger partial charge in [-0.1, -0.05) is 303 Å². The van der Waals surface area contributed by atoms with Crippen LogP contribution in [0.25, 0.3) is 215 Å². The molecule has 0 fully saturated rings. The lowest BCUT2D eigenvalue weighted by Crippen LogP contribution is -1.95. The van der Waals surface area contributed by atoms with Crippen molar-refractivity contribution in [1.82, 2.24) is 4.57 Å². The minimum Gasteiger partial charge on any atom is -0.455 e. The SMILES string of the molecule is c1ccc(-c2cc(-c3ccccc3)c3oc4c(-c5ccc6c(c5)c5cc(-c7cc(-c8ccccc8)cc8c7oc7c(-c9ccccc9)cc(-c9ccccc9)cc78)ccc5n6-c5cccc(-c6ccc7c(-c8ccccc8)c8ccccc8c(-c8ccccc8)c7c6)c5)cc(-c5ccccc5)cc4c3c2)cc1. The third kappa shape index (κ3) is 10.5. The van der Waals surface area contributed by atoms with Crippen molar-refractivity contribution < 1.29 is 8.83 Å². The highest BCUT2D eigenvalue weighted by molar-refractivity contribution is 6.23. The van der Waals surface area contributed by atoms with E-state index in [2.05, 4.69) is 399 Å². The summed E-state index contributed by atoms with van der Waals surface area (Å²) < 4.78 is 17.4. The predicted molar refractivity (Wildman–Crippen MR) is 450 cm³/mol. The largest absolute Gasteiger partial charge is 0.455 e. The highest BCUT2D eigenvalue weighted by Gasteiger charge is 2.26. The zero-order valence-electron chi connectivity index (χ0n) is 58.3. The molecule has 0 amide bonds. The zero-order valence-corrected chi connectivity index (χ0v) is 58.3. The summed E-state index contributed by atoms with van der Waals surface area (Å²) >= 11 is 0. The highest BCUT2D eigenvalue weighted by Crippen LogP contribution is 2.51. The second kappa shape index (κ2) is 25.4. The average Bonchev–Trinajstić information content (AvgIpc) is 1.55. The minimum absolute atomic E-state index is 0.837. The van der Waals surface area contributed by atoms with Gasteiger partial charge in [0.05, 0.1) is 11.0 Å². The first-order valence-corrected chi connectivity index (χ1v) is 36.8. The van der Waals surface area contributed by atoms with E-state index in [1.807, 2.05) is 0 Å². The Kier molecular flexibility index (Phi) is 14.6. The Balaban J connectivity index is 0.819. The summed E-state index contributed by atoms with van der Waals surface area (Å²) in [5.74, 6) is 0. The molecule has 0 atom stereocenters. The second-order valence-electron chi connectivity index (χ2n) is 28.1. The summed E-state index contributed by atoms with van der Waals surface area (Å²) in [5, 5.41) is 11.3. The number of aromatic nitrogens is 1. The Hall–Kier alpha value is -14.1. The van der Waals surface area contributed by atoms with Crippen molar-refractivity contribution in [3.05, 3.63) is 394 Å². The summed E-state index contributed by atoms with van der Waals surface area (Å²) in [6.45, 7) is 0. The van der Waals surface area contributed by atoms with Crippen molar-refractivity contribution >= 4 is 87.2 Å². The number of hydrogen-bond donors (Lipinski definition) is 0. The molecule has 18 aromatic carbocycles. The molecule has 21 aromatic rings. The van der Waals surface area contributed by atoms with Crippen molar-refractivity contribution in [2.75, 3.05) is 0 Å². The van der Waals surface area contributed by atoms with Gasteiger partial charge < -0.3 is 13.4 Å². The van der Waals surface area contributed by atoms with Gasteiger partial charge in [0.25, 0.3) is 0 Å². The first-order valence-electron chi connectivity index (χ1n) is 36.8. The third-order valence-electron chi connectivity index (χ3n) is 21.9. The Bertz CT molecular complexity index is 6740. The van der Waals surface area contributed by atoms with E-state index >= 15 is 0 Å². The van der Waals surface area contributed by atoms with E-state index in [9.17, 15) is 0 Å². The molecule has 0 saturated heterocycles. The Morgan fingerprint density at radius 1 is 0.150 bits per heavy atom. The maximum atomic E-state index is 7.49. The van der Waals surface area contributed by atoms with Crippen LogP contribution >= 0.6 is 0 Å². The van der Waals surface area contributed by atoms with Crippen molar-refractivity contribution in [1.29, 1.82) is 0 Å². The molecule has 0 radical (unpaired) electrons. The smallest absolute Gasteiger partial charge is 0.143 e. The van der Waals surface area contributed by atoms with Crippen LogP contribution in [0.5, 0.6) is 0 Å². The van der Waals surface area contributed by atoms with Crippen LogP contribution < -0.4 is 0 Å². The van der Waals surface area contributed by atoms with E-state index in [4.69, 9.17) is 8.83 Å². The zero-order chi connectivity index (χ0) is 70.5. The molecule has 0 aliphatic carbocycles. The summed E-state index contributed by atoms with van der Waals surface area (Å²) in [4.78, 5) is 0. The van der Waals surface area contributed by atoms with Crippen LogP contribution in [-0.4, -0.2) is 4.57 Å². The molecule has 107 heavy (non-hydrogen) atoms. The van der Waals surface area contributed by atoms with Crippen LogP contribution in [0.2, 0.25) is 0 Å². The van der Waals surface area contributed by atoms with Crippen LogP contribution in [0.1, 0.15) is 0 Å². The molecule has 3 nitrogen and oxygen atoms in total. The molecule has 0 N–H and O–H groups in total. The maximum absolute atomic E-state index is 7.49. The summed E-state index contributed by atoms with van der Waals surface area (Å²) in [5.41, 5.74) is 31.1. The van der Waals surface area contributed by atoms with Gasteiger partial charge in [0, 0.05) is 60.3 Å². The fourth-order valence-electron chi connectivity index (χ4n) is 16.9. The standard InChI is InChI=1S/C104H65NO2/c1-9-28-66(29-10-1)78-58-86(70-36-17-5-18-37-70)101-93(62-78)95-64-80(68-32-13-3-14-33-68)60-88(103(95)106-101)76-49-52-97-90(56-76)91-57-77(89-61-81(69-34-15-4-16-35-69)65-96-94-63-79(67-30-11-2-12-31-67)59-87(102(94)107-104(89)96)71-38-19-6-20-39-71)50-53-98(91)105(97)82-45-27-44-74(54-82)75-48-51-85-92(55-75)100(73-42-23-8-24-43-73)84-47-26-25-46-83(84)99(85)72-40-21-7-22-41-72/h1-65H. The van der Waals surface area contributed by atoms with Crippen LogP contribution in [0, 0.1) is 0 Å². The topological polar surface area (TPSA) is 31.2 Å². The molecule has 3 heteroatoms. The number of hydrogen-bond acceptors (Lipinski definition) is 2. The van der Waals surface area contributed by atoms with Crippen LogP contribution in [0.15, 0.2) is 403 Å². The summed E-state index contributed by atoms with van der Waals surface area (Å²) in [7, 11) is 0. The lowest BCUT2D eigenvalue weighted by atomic mass is 9.85. The molecule has 0 saturated carbocycles. The molecule has 0 aliphatic rings. The molecule has 0 aliphatic heterocycles. The van der Waals surface area contributed by atoms with Crippen molar-refractivity contribution in [3.8, 4) is 128 Å². The van der Waals surface area contributed by atoms with Crippen molar-refractivity contribution in [2.45, 2.75) is 0 Å². The van der Waals surface area contributed by atoms with E-state index in [-0.39, 0.29) is 0 Å². The average molecular weight is 1360 g/mol. The van der Waals surface area contributed by atoms with Crippen LogP contribution in [0.4, 0.5) is 0 Å². The monoisotopic (exact) mass is 1360 g/mol. The van der Waals surface area contributed by atoms with E-state index < -0.39 is 0 Å². The first kappa shape index (κ1) is 61.5. The molecular weight excluding hydrogens is 1300 g/mol. The van der Waals surface area contributed by atoms with Crippen LogP contribution in [0.3, 0.4) is 0 Å². The van der Waals surface area contributed by atoms with Crippen LogP contribution in [-0.2, 0) is 0 Å². The quantitative estimate of drug-likeness (QED) is 0.114. The van der Waals surface area contributed by atoms with Gasteiger partial charge >= 0.3 is 0 Å². The predicted octanol–water partition coefficient (Wildman–Crippen LogP) is 29.2. The molecule has 0 bridgehead atoms. The minimum atomic E-state index is 0.837. The molecule has 0 unspecified atom stereocenters. The van der Waals surface area contributed by atoms with Gasteiger partial charge in [-0.15, -0.1) is 0 Å². The fourth-order valence-corrected chi connectivity index (χ4v) is 16.9.